The molecule has 0 saturated carbocycles. The number of para-hydroxylation sites is 1. The van der Waals surface area contributed by atoms with Gasteiger partial charge in [-0.1, -0.05) is 29.8 Å². The van der Waals surface area contributed by atoms with Crippen LogP contribution in [0.3, 0.4) is 0 Å². The molecule has 6 nitrogen and oxygen atoms in total. The maximum Gasteiger partial charge on any atom is 0.185 e. The van der Waals surface area contributed by atoms with Gasteiger partial charge >= 0.3 is 0 Å². The standard InChI is InChI=1S/C24H25ClN2O4S/c1-16(26)21(24(25)27-19-6-4-3-5-7-19)9-10-22(30)17-8-11-23(31-2)18(12-17)15-32-20(13-28)14-29/h3-13,20,29H,14-15,26H2,1-2H3/b10-9+,21-16?,27-24?. The summed E-state index contributed by atoms with van der Waals surface area (Å²) < 4.78 is 5.35. The molecule has 2 rings (SSSR count). The number of ketones is 1. The average molecular weight is 473 g/mol. The molecular formula is C24H25ClN2O4S. The highest BCUT2D eigenvalue weighted by molar-refractivity contribution is 7.99. The molecule has 0 radical (unpaired) electrons. The minimum atomic E-state index is -0.537. The van der Waals surface area contributed by atoms with Crippen molar-refractivity contribution in [2.75, 3.05) is 13.7 Å². The molecule has 0 bridgehead atoms. The van der Waals surface area contributed by atoms with Crippen LogP contribution in [0.4, 0.5) is 5.69 Å². The summed E-state index contributed by atoms with van der Waals surface area (Å²) in [6.45, 7) is 1.43. The first-order valence-electron chi connectivity index (χ1n) is 9.72. The Hall–Kier alpha value is -2.87. The summed E-state index contributed by atoms with van der Waals surface area (Å²) in [5, 5.41) is 8.84. The zero-order valence-corrected chi connectivity index (χ0v) is 19.4. The van der Waals surface area contributed by atoms with E-state index in [0.29, 0.717) is 40.3 Å². The Morgan fingerprint density at radius 2 is 1.97 bits per heavy atom. The van der Waals surface area contributed by atoms with Crippen molar-refractivity contribution in [3.63, 3.8) is 0 Å². The summed E-state index contributed by atoms with van der Waals surface area (Å²) in [4.78, 5) is 28.1. The third-order valence-electron chi connectivity index (χ3n) is 4.38. The molecule has 1 unspecified atom stereocenters. The lowest BCUT2D eigenvalue weighted by molar-refractivity contribution is -0.107. The zero-order chi connectivity index (χ0) is 23.5. The maximum absolute atomic E-state index is 12.8. The lowest BCUT2D eigenvalue weighted by Gasteiger charge is -2.11. The number of methoxy groups -OCH3 is 1. The number of ether oxygens (including phenoxy) is 1. The van der Waals surface area contributed by atoms with Crippen LogP contribution >= 0.6 is 23.4 Å². The van der Waals surface area contributed by atoms with Gasteiger partial charge in [0, 0.05) is 28.1 Å². The number of hydrogen-bond acceptors (Lipinski definition) is 7. The van der Waals surface area contributed by atoms with Crippen LogP contribution in [-0.2, 0) is 10.5 Å². The number of carbonyl (C=O) groups excluding carboxylic acids is 2. The number of nitrogens with zero attached hydrogens (tertiary/aromatic N) is 1. The summed E-state index contributed by atoms with van der Waals surface area (Å²) in [6.07, 6.45) is 3.62. The highest BCUT2D eigenvalue weighted by atomic mass is 35.5. The van der Waals surface area contributed by atoms with E-state index in [-0.39, 0.29) is 17.6 Å². The van der Waals surface area contributed by atoms with Crippen molar-refractivity contribution in [2.24, 2.45) is 10.7 Å². The molecule has 0 aliphatic carbocycles. The van der Waals surface area contributed by atoms with E-state index >= 15 is 0 Å². The fraction of sp³-hybridized carbons (Fsp3) is 0.208. The minimum Gasteiger partial charge on any atom is -0.496 e. The van der Waals surface area contributed by atoms with E-state index in [1.165, 1.54) is 24.9 Å². The summed E-state index contributed by atoms with van der Waals surface area (Å²) >= 11 is 7.62. The number of aldehydes is 1. The van der Waals surface area contributed by atoms with E-state index < -0.39 is 5.25 Å². The molecule has 2 aromatic rings. The third kappa shape index (κ3) is 7.37. The van der Waals surface area contributed by atoms with Crippen molar-refractivity contribution in [1.82, 2.24) is 0 Å². The van der Waals surface area contributed by atoms with Crippen molar-refractivity contribution in [1.29, 1.82) is 0 Å². The van der Waals surface area contributed by atoms with Crippen molar-refractivity contribution in [3.8, 4) is 5.75 Å². The first-order valence-corrected chi connectivity index (χ1v) is 11.1. The number of benzene rings is 2. The molecular weight excluding hydrogens is 448 g/mol. The molecule has 0 spiro atoms. The van der Waals surface area contributed by atoms with Crippen LogP contribution in [0.15, 0.2) is 76.9 Å². The number of aliphatic hydroxyl groups is 1. The normalized spacial score (nSPS) is 13.6. The zero-order valence-electron chi connectivity index (χ0n) is 17.8. The monoisotopic (exact) mass is 472 g/mol. The Balaban J connectivity index is 2.24. The van der Waals surface area contributed by atoms with Gasteiger partial charge in [0.2, 0.25) is 0 Å². The molecule has 168 valence electrons. The van der Waals surface area contributed by atoms with Crippen molar-refractivity contribution >= 4 is 46.3 Å². The SMILES string of the molecule is COc1ccc(C(=O)/C=C/C(C(Cl)=Nc2ccccc2)=C(C)N)cc1CSC(C=O)CO. The summed E-state index contributed by atoms with van der Waals surface area (Å²) in [7, 11) is 1.53. The molecule has 0 aliphatic rings. The highest BCUT2D eigenvalue weighted by Gasteiger charge is 2.13. The van der Waals surface area contributed by atoms with Crippen LogP contribution in [0.5, 0.6) is 5.75 Å². The molecule has 0 saturated heterocycles. The molecule has 8 heteroatoms. The molecule has 2 aromatic carbocycles. The van der Waals surface area contributed by atoms with Gasteiger partial charge in [0.25, 0.3) is 0 Å². The van der Waals surface area contributed by atoms with Crippen LogP contribution in [0, 0.1) is 0 Å². The average Bonchev–Trinajstić information content (AvgIpc) is 2.80. The van der Waals surface area contributed by atoms with Gasteiger partial charge < -0.3 is 20.4 Å². The van der Waals surface area contributed by atoms with Gasteiger partial charge in [-0.25, -0.2) is 4.99 Å². The Labute approximate surface area is 196 Å². The van der Waals surface area contributed by atoms with Gasteiger partial charge in [-0.2, -0.15) is 0 Å². The molecule has 0 aliphatic heterocycles. The molecule has 3 N–H and O–H groups in total. The summed E-state index contributed by atoms with van der Waals surface area (Å²) in [6, 6.07) is 14.2. The number of thioether (sulfide) groups is 1. The third-order valence-corrected chi connectivity index (χ3v) is 5.84. The molecule has 0 heterocycles. The maximum atomic E-state index is 12.8. The van der Waals surface area contributed by atoms with Crippen LogP contribution in [0.1, 0.15) is 22.8 Å². The smallest absolute Gasteiger partial charge is 0.185 e. The van der Waals surface area contributed by atoms with Crippen LogP contribution in [0.25, 0.3) is 0 Å². The van der Waals surface area contributed by atoms with Gasteiger partial charge in [0.05, 0.1) is 24.7 Å². The number of halogens is 1. The van der Waals surface area contributed by atoms with Crippen LogP contribution in [-0.4, -0.2) is 41.3 Å². The second kappa shape index (κ2) is 12.9. The highest BCUT2D eigenvalue weighted by Crippen LogP contribution is 2.27. The van der Waals surface area contributed by atoms with Gasteiger partial charge in [-0.05, 0) is 49.4 Å². The summed E-state index contributed by atoms with van der Waals surface area (Å²) in [5.41, 5.74) is 8.68. The number of hydrogen-bond donors (Lipinski definition) is 2. The predicted molar refractivity (Wildman–Crippen MR) is 131 cm³/mol. The van der Waals surface area contributed by atoms with E-state index in [2.05, 4.69) is 4.99 Å². The molecule has 0 fully saturated rings. The van der Waals surface area contributed by atoms with Crippen molar-refractivity contribution < 1.29 is 19.4 Å². The van der Waals surface area contributed by atoms with E-state index in [9.17, 15) is 14.7 Å². The molecule has 0 amide bonds. The number of rotatable bonds is 11. The van der Waals surface area contributed by atoms with Gasteiger partial charge in [0.15, 0.2) is 5.78 Å². The molecule has 1 atom stereocenters. The topological polar surface area (TPSA) is 102 Å². The van der Waals surface area contributed by atoms with E-state index in [1.807, 2.05) is 30.3 Å². The van der Waals surface area contributed by atoms with E-state index in [0.717, 1.165) is 5.56 Å². The Morgan fingerprint density at radius 3 is 2.56 bits per heavy atom. The van der Waals surface area contributed by atoms with Crippen LogP contribution < -0.4 is 10.5 Å². The number of carbonyl (C=O) groups is 2. The first kappa shape index (κ1) is 25.4. The Kier molecular flexibility index (Phi) is 10.2. The minimum absolute atomic E-state index is 0.177. The molecule has 0 aromatic heterocycles. The lowest BCUT2D eigenvalue weighted by atomic mass is 10.1. The Bertz CT molecular complexity index is 1030. The van der Waals surface area contributed by atoms with Gasteiger partial charge in [-0.15, -0.1) is 11.8 Å². The first-order chi connectivity index (χ1) is 15.4. The second-order valence-electron chi connectivity index (χ2n) is 6.73. The fourth-order valence-electron chi connectivity index (χ4n) is 2.67. The van der Waals surface area contributed by atoms with Gasteiger partial charge in [0.1, 0.15) is 17.2 Å². The number of nitrogens with two attached hydrogens (primary N) is 1. The fourth-order valence-corrected chi connectivity index (χ4v) is 3.78. The summed E-state index contributed by atoms with van der Waals surface area (Å²) in [5.74, 6) is 0.744. The van der Waals surface area contributed by atoms with E-state index in [4.69, 9.17) is 22.1 Å². The van der Waals surface area contributed by atoms with Crippen LogP contribution in [0.2, 0.25) is 0 Å². The van der Waals surface area contributed by atoms with Crippen molar-refractivity contribution in [3.05, 3.63) is 83.1 Å². The number of aliphatic hydroxyl groups excluding tert-OH is 1. The second-order valence-corrected chi connectivity index (χ2v) is 8.31. The van der Waals surface area contributed by atoms with E-state index in [1.54, 1.807) is 31.2 Å². The quantitative estimate of drug-likeness (QED) is 0.165. The predicted octanol–water partition coefficient (Wildman–Crippen LogP) is 4.43. The largest absolute Gasteiger partial charge is 0.496 e. The Morgan fingerprint density at radius 1 is 1.25 bits per heavy atom. The lowest BCUT2D eigenvalue weighted by Crippen LogP contribution is -2.10. The number of aliphatic imine (C=N–C) groups is 1. The molecule has 32 heavy (non-hydrogen) atoms. The van der Waals surface area contributed by atoms with Gasteiger partial charge in [-0.3, -0.25) is 4.79 Å². The number of allylic oxidation sites excluding steroid dienone is 4. The van der Waals surface area contributed by atoms with Crippen molar-refractivity contribution in [2.45, 2.75) is 17.9 Å².